The maximum atomic E-state index is 12.4. The van der Waals surface area contributed by atoms with E-state index in [2.05, 4.69) is 28.5 Å². The van der Waals surface area contributed by atoms with E-state index in [1.807, 2.05) is 13.1 Å². The molecule has 0 spiro atoms. The summed E-state index contributed by atoms with van der Waals surface area (Å²) in [5.74, 6) is 0.625. The topological polar surface area (TPSA) is 82.0 Å². The van der Waals surface area contributed by atoms with Crippen LogP contribution in [0.5, 0.6) is 5.88 Å². The number of amidine groups is 1. The fraction of sp³-hybridized carbons (Fsp3) is 0.381. The molecular weight excluding hydrogens is 358 g/mol. The third-order valence-corrected chi connectivity index (χ3v) is 4.56. The lowest BCUT2D eigenvalue weighted by Gasteiger charge is -2.24. The maximum Gasteiger partial charge on any atom is 0.259 e. The molecule has 7 heteroatoms. The zero-order chi connectivity index (χ0) is 20.5. The van der Waals surface area contributed by atoms with E-state index < -0.39 is 5.91 Å². The average Bonchev–Trinajstić information content (AvgIpc) is 2.73. The Labute approximate surface area is 165 Å². The predicted molar refractivity (Wildman–Crippen MR) is 109 cm³/mol. The maximum absolute atomic E-state index is 12.4. The molecule has 1 amide bonds. The zero-order valence-corrected chi connectivity index (χ0v) is 16.7. The van der Waals surface area contributed by atoms with Gasteiger partial charge < -0.3 is 19.5 Å². The molecule has 1 aliphatic rings. The van der Waals surface area contributed by atoms with Gasteiger partial charge in [-0.15, -0.1) is 0 Å². The number of hydrogen-bond acceptors (Lipinski definition) is 6. The number of nitrogens with zero attached hydrogens (tertiary/aromatic N) is 2. The van der Waals surface area contributed by atoms with Gasteiger partial charge in [0.25, 0.3) is 5.91 Å². The third kappa shape index (κ3) is 5.07. The average molecular weight is 385 g/mol. The molecule has 1 fully saturated rings. The number of rotatable bonds is 7. The van der Waals surface area contributed by atoms with Crippen molar-refractivity contribution in [1.29, 1.82) is 0 Å². The van der Waals surface area contributed by atoms with Gasteiger partial charge in [-0.05, 0) is 42.9 Å². The van der Waals surface area contributed by atoms with Gasteiger partial charge in [0.1, 0.15) is 11.5 Å². The van der Waals surface area contributed by atoms with E-state index in [1.54, 1.807) is 0 Å². The highest BCUT2D eigenvalue weighted by atomic mass is 16.5. The number of nitrogens with one attached hydrogen (secondary N) is 1. The summed E-state index contributed by atoms with van der Waals surface area (Å²) in [5, 5.41) is 2.70. The SMILES string of the molecule is C=CC(=Nc1c(OC)ncc(C2CCOCC2)c1C)NC(=O)/C(C=C)=C/OC. The Morgan fingerprint density at radius 1 is 1.32 bits per heavy atom. The summed E-state index contributed by atoms with van der Waals surface area (Å²) in [4.78, 5) is 21.3. The summed E-state index contributed by atoms with van der Waals surface area (Å²) in [6.45, 7) is 10.8. The van der Waals surface area contributed by atoms with Gasteiger partial charge in [-0.2, -0.15) is 0 Å². The highest BCUT2D eigenvalue weighted by Gasteiger charge is 2.22. The van der Waals surface area contributed by atoms with Crippen LogP contribution in [0.1, 0.15) is 29.9 Å². The number of carbonyl (C=O) groups excluding carboxylic acids is 1. The van der Waals surface area contributed by atoms with Crippen molar-refractivity contribution in [3.05, 3.63) is 54.5 Å². The molecule has 1 aromatic heterocycles. The molecule has 2 rings (SSSR count). The van der Waals surface area contributed by atoms with Gasteiger partial charge in [-0.1, -0.05) is 19.2 Å². The smallest absolute Gasteiger partial charge is 0.259 e. The van der Waals surface area contributed by atoms with Crippen LogP contribution in [0.3, 0.4) is 0 Å². The molecule has 0 bridgehead atoms. The van der Waals surface area contributed by atoms with Gasteiger partial charge in [0.05, 0.1) is 26.1 Å². The zero-order valence-electron chi connectivity index (χ0n) is 16.7. The molecule has 1 N–H and O–H groups in total. The Hall–Kier alpha value is -2.93. The Balaban J connectivity index is 2.39. The number of hydrogen-bond donors (Lipinski definition) is 1. The van der Waals surface area contributed by atoms with Gasteiger partial charge in [0.2, 0.25) is 5.88 Å². The van der Waals surface area contributed by atoms with E-state index in [0.29, 0.717) is 17.5 Å². The highest BCUT2D eigenvalue weighted by Crippen LogP contribution is 2.37. The third-order valence-electron chi connectivity index (χ3n) is 4.56. The quantitative estimate of drug-likeness (QED) is 0.256. The van der Waals surface area contributed by atoms with Gasteiger partial charge in [0.15, 0.2) is 0 Å². The van der Waals surface area contributed by atoms with Gasteiger partial charge in [-0.25, -0.2) is 9.98 Å². The van der Waals surface area contributed by atoms with Crippen LogP contribution in [0.25, 0.3) is 0 Å². The summed E-state index contributed by atoms with van der Waals surface area (Å²) in [5.41, 5.74) is 2.92. The first kappa shape index (κ1) is 21.4. The first-order chi connectivity index (χ1) is 13.5. The van der Waals surface area contributed by atoms with Crippen LogP contribution in [0.2, 0.25) is 0 Å². The molecule has 0 radical (unpaired) electrons. The molecule has 0 aromatic carbocycles. The standard InChI is InChI=1S/C21H27N3O4/c1-6-15(13-26-4)20(25)24-18(7-2)23-19-14(3)17(12-22-21(19)27-5)16-8-10-28-11-9-16/h6-7,12-13,16H,1-2,8-11H2,3-5H3,(H,23,24,25)/b15-13+. The van der Waals surface area contributed by atoms with Gasteiger partial charge in [0, 0.05) is 19.4 Å². The van der Waals surface area contributed by atoms with E-state index in [4.69, 9.17) is 14.2 Å². The monoisotopic (exact) mass is 385 g/mol. The fourth-order valence-electron chi connectivity index (χ4n) is 3.04. The van der Waals surface area contributed by atoms with E-state index >= 15 is 0 Å². The summed E-state index contributed by atoms with van der Waals surface area (Å²) < 4.78 is 15.7. The molecule has 1 saturated heterocycles. The van der Waals surface area contributed by atoms with Crippen LogP contribution in [-0.2, 0) is 14.3 Å². The van der Waals surface area contributed by atoms with Crippen molar-refractivity contribution >= 4 is 17.4 Å². The molecular formula is C21H27N3O4. The van der Waals surface area contributed by atoms with E-state index in [-0.39, 0.29) is 11.4 Å². The van der Waals surface area contributed by atoms with E-state index in [0.717, 1.165) is 37.2 Å². The number of methoxy groups -OCH3 is 2. The van der Waals surface area contributed by atoms with E-state index in [9.17, 15) is 4.79 Å². The number of ether oxygens (including phenoxy) is 3. The number of aromatic nitrogens is 1. The number of aliphatic imine (C=N–C) groups is 1. The Morgan fingerprint density at radius 3 is 2.61 bits per heavy atom. The van der Waals surface area contributed by atoms with E-state index in [1.165, 1.54) is 32.6 Å². The second-order valence-corrected chi connectivity index (χ2v) is 6.25. The van der Waals surface area contributed by atoms with Crippen molar-refractivity contribution in [2.24, 2.45) is 4.99 Å². The summed E-state index contributed by atoms with van der Waals surface area (Å²) >= 11 is 0. The van der Waals surface area contributed by atoms with Crippen molar-refractivity contribution in [2.45, 2.75) is 25.7 Å². The van der Waals surface area contributed by atoms with Crippen molar-refractivity contribution in [3.8, 4) is 5.88 Å². The van der Waals surface area contributed by atoms with Crippen molar-refractivity contribution in [1.82, 2.24) is 10.3 Å². The van der Waals surface area contributed by atoms with Crippen LogP contribution < -0.4 is 10.1 Å². The molecule has 2 heterocycles. The van der Waals surface area contributed by atoms with Gasteiger partial charge in [-0.3, -0.25) is 4.79 Å². The van der Waals surface area contributed by atoms with Crippen LogP contribution in [0, 0.1) is 6.92 Å². The largest absolute Gasteiger partial charge is 0.504 e. The Morgan fingerprint density at radius 2 is 2.04 bits per heavy atom. The number of pyridine rings is 1. The summed E-state index contributed by atoms with van der Waals surface area (Å²) in [6.07, 6.45) is 7.89. The number of amides is 1. The van der Waals surface area contributed by atoms with Crippen molar-refractivity contribution < 1.29 is 19.0 Å². The molecule has 1 aliphatic heterocycles. The minimum Gasteiger partial charge on any atom is -0.504 e. The molecule has 150 valence electrons. The Bertz CT molecular complexity index is 793. The lowest BCUT2D eigenvalue weighted by atomic mass is 9.89. The second kappa shape index (κ2) is 10.4. The molecule has 1 aromatic rings. The molecule has 0 atom stereocenters. The van der Waals surface area contributed by atoms with Crippen molar-refractivity contribution in [3.63, 3.8) is 0 Å². The second-order valence-electron chi connectivity index (χ2n) is 6.25. The molecule has 0 saturated carbocycles. The summed E-state index contributed by atoms with van der Waals surface area (Å²) in [7, 11) is 3.00. The van der Waals surface area contributed by atoms with Crippen LogP contribution >= 0.6 is 0 Å². The molecule has 28 heavy (non-hydrogen) atoms. The van der Waals surface area contributed by atoms with Crippen LogP contribution in [0.4, 0.5) is 5.69 Å². The Kier molecular flexibility index (Phi) is 7.95. The first-order valence-electron chi connectivity index (χ1n) is 9.04. The molecule has 0 unspecified atom stereocenters. The van der Waals surface area contributed by atoms with Crippen LogP contribution in [0.15, 0.2) is 48.3 Å². The fourth-order valence-corrected chi connectivity index (χ4v) is 3.04. The first-order valence-corrected chi connectivity index (χ1v) is 9.04. The van der Waals surface area contributed by atoms with Crippen LogP contribution in [-0.4, -0.2) is 44.2 Å². The minimum absolute atomic E-state index is 0.273. The normalized spacial score (nSPS) is 15.7. The lowest BCUT2D eigenvalue weighted by Crippen LogP contribution is -2.29. The molecule has 7 nitrogen and oxygen atoms in total. The minimum atomic E-state index is -0.402. The molecule has 0 aliphatic carbocycles. The summed E-state index contributed by atoms with van der Waals surface area (Å²) in [6, 6.07) is 0. The highest BCUT2D eigenvalue weighted by molar-refractivity contribution is 6.11. The predicted octanol–water partition coefficient (Wildman–Crippen LogP) is 3.34. The van der Waals surface area contributed by atoms with Crippen molar-refractivity contribution in [2.75, 3.05) is 27.4 Å². The van der Waals surface area contributed by atoms with Gasteiger partial charge >= 0.3 is 0 Å². The lowest BCUT2D eigenvalue weighted by molar-refractivity contribution is -0.115. The number of carbonyl (C=O) groups is 1.